The van der Waals surface area contributed by atoms with E-state index < -0.39 is 0 Å². The van der Waals surface area contributed by atoms with Gasteiger partial charge in [0.1, 0.15) is 0 Å². The van der Waals surface area contributed by atoms with Crippen LogP contribution < -0.4 is 5.32 Å². The van der Waals surface area contributed by atoms with E-state index in [1.807, 2.05) is 37.8 Å². The van der Waals surface area contributed by atoms with Crippen molar-refractivity contribution in [1.82, 2.24) is 15.3 Å². The Morgan fingerprint density at radius 3 is 2.72 bits per heavy atom. The first-order chi connectivity index (χ1) is 8.70. The lowest BCUT2D eigenvalue weighted by Crippen LogP contribution is -2.20. The Labute approximate surface area is 116 Å². The van der Waals surface area contributed by atoms with Crippen molar-refractivity contribution in [3.63, 3.8) is 0 Å². The highest BCUT2D eigenvalue weighted by atomic mass is 79.9. The summed E-state index contributed by atoms with van der Waals surface area (Å²) in [6, 6.07) is 6.40. The summed E-state index contributed by atoms with van der Waals surface area (Å²) >= 11 is 3.40. The second kappa shape index (κ2) is 6.07. The van der Waals surface area contributed by atoms with Crippen LogP contribution in [0.1, 0.15) is 22.9 Å². The third-order valence-electron chi connectivity index (χ3n) is 2.99. The largest absolute Gasteiger partial charge is 0.313 e. The molecule has 2 aromatic heterocycles. The average Bonchev–Trinajstić information content (AvgIpc) is 2.39. The van der Waals surface area contributed by atoms with E-state index >= 15 is 0 Å². The van der Waals surface area contributed by atoms with Gasteiger partial charge in [0.15, 0.2) is 0 Å². The van der Waals surface area contributed by atoms with E-state index in [1.54, 1.807) is 0 Å². The second-order valence-electron chi connectivity index (χ2n) is 4.25. The van der Waals surface area contributed by atoms with Gasteiger partial charge in [0.25, 0.3) is 0 Å². The van der Waals surface area contributed by atoms with Crippen molar-refractivity contribution >= 4 is 15.9 Å². The monoisotopic (exact) mass is 305 g/mol. The summed E-state index contributed by atoms with van der Waals surface area (Å²) in [7, 11) is 1.98. The molecule has 0 aromatic carbocycles. The van der Waals surface area contributed by atoms with E-state index in [0.717, 1.165) is 16.6 Å². The molecule has 0 spiro atoms. The van der Waals surface area contributed by atoms with Crippen LogP contribution in [-0.2, 0) is 6.42 Å². The molecule has 2 heterocycles. The van der Waals surface area contributed by atoms with Gasteiger partial charge in [0, 0.05) is 41.2 Å². The van der Waals surface area contributed by atoms with Crippen LogP contribution in [-0.4, -0.2) is 17.0 Å². The quantitative estimate of drug-likeness (QED) is 0.943. The predicted octanol–water partition coefficient (Wildman–Crippen LogP) is 3.05. The molecule has 94 valence electrons. The van der Waals surface area contributed by atoms with Gasteiger partial charge in [-0.15, -0.1) is 0 Å². The first-order valence-corrected chi connectivity index (χ1v) is 6.68. The lowest BCUT2D eigenvalue weighted by molar-refractivity contribution is 0.580. The standard InChI is InChI=1S/C14H16BrN3/c1-10-8-17-6-5-13(10)14(16-2)7-12-4-3-11(15)9-18-12/h3-6,8-9,14,16H,7H2,1-2H3. The van der Waals surface area contributed by atoms with E-state index in [4.69, 9.17) is 0 Å². The van der Waals surface area contributed by atoms with Gasteiger partial charge in [0.05, 0.1) is 0 Å². The van der Waals surface area contributed by atoms with Gasteiger partial charge in [-0.1, -0.05) is 0 Å². The molecule has 0 radical (unpaired) electrons. The van der Waals surface area contributed by atoms with Crippen LogP contribution in [0.2, 0.25) is 0 Å². The van der Waals surface area contributed by atoms with E-state index in [1.165, 1.54) is 11.1 Å². The molecule has 1 unspecified atom stereocenters. The van der Waals surface area contributed by atoms with Crippen LogP contribution >= 0.6 is 15.9 Å². The lowest BCUT2D eigenvalue weighted by atomic mass is 9.99. The van der Waals surface area contributed by atoms with Crippen molar-refractivity contribution in [1.29, 1.82) is 0 Å². The summed E-state index contributed by atoms with van der Waals surface area (Å²) in [5.74, 6) is 0. The molecular weight excluding hydrogens is 290 g/mol. The van der Waals surface area contributed by atoms with Crippen LogP contribution in [0.3, 0.4) is 0 Å². The Balaban J connectivity index is 2.20. The molecule has 0 saturated heterocycles. The van der Waals surface area contributed by atoms with Crippen LogP contribution in [0.15, 0.2) is 41.3 Å². The molecule has 0 fully saturated rings. The van der Waals surface area contributed by atoms with Gasteiger partial charge in [-0.05, 0) is 59.2 Å². The lowest BCUT2D eigenvalue weighted by Gasteiger charge is -2.18. The van der Waals surface area contributed by atoms with E-state index in [2.05, 4.69) is 44.2 Å². The summed E-state index contributed by atoms with van der Waals surface area (Å²) in [6.07, 6.45) is 6.44. The summed E-state index contributed by atoms with van der Waals surface area (Å²) < 4.78 is 1.01. The van der Waals surface area contributed by atoms with E-state index in [9.17, 15) is 0 Å². The molecule has 2 aromatic rings. The van der Waals surface area contributed by atoms with Crippen molar-refractivity contribution in [2.45, 2.75) is 19.4 Å². The van der Waals surface area contributed by atoms with Crippen LogP contribution in [0.4, 0.5) is 0 Å². The summed E-state index contributed by atoms with van der Waals surface area (Å²) in [6.45, 7) is 2.09. The molecule has 0 amide bonds. The number of likely N-dealkylation sites (N-methyl/N-ethyl adjacent to an activating group) is 1. The number of hydrogen-bond acceptors (Lipinski definition) is 3. The number of nitrogens with zero attached hydrogens (tertiary/aromatic N) is 2. The average molecular weight is 306 g/mol. The van der Waals surface area contributed by atoms with Crippen molar-refractivity contribution in [3.05, 3.63) is 58.1 Å². The number of rotatable bonds is 4. The maximum Gasteiger partial charge on any atom is 0.0423 e. The molecule has 0 aliphatic heterocycles. The fourth-order valence-corrected chi connectivity index (χ4v) is 2.21. The minimum Gasteiger partial charge on any atom is -0.313 e. The van der Waals surface area contributed by atoms with Gasteiger partial charge in [-0.25, -0.2) is 0 Å². The number of aryl methyl sites for hydroxylation is 1. The summed E-state index contributed by atoms with van der Waals surface area (Å²) in [4.78, 5) is 8.55. The Bertz CT molecular complexity index is 511. The van der Waals surface area contributed by atoms with E-state index in [0.29, 0.717) is 0 Å². The molecule has 0 saturated carbocycles. The summed E-state index contributed by atoms with van der Waals surface area (Å²) in [5, 5.41) is 3.34. The maximum absolute atomic E-state index is 4.42. The van der Waals surface area contributed by atoms with Gasteiger partial charge >= 0.3 is 0 Å². The van der Waals surface area contributed by atoms with Crippen molar-refractivity contribution < 1.29 is 0 Å². The fourth-order valence-electron chi connectivity index (χ4n) is 1.98. The third-order valence-corrected chi connectivity index (χ3v) is 3.46. The molecule has 0 aliphatic carbocycles. The van der Waals surface area contributed by atoms with Crippen LogP contribution in [0.25, 0.3) is 0 Å². The Hall–Kier alpha value is -1.26. The first kappa shape index (κ1) is 13.2. The van der Waals surface area contributed by atoms with Crippen molar-refractivity contribution in [2.75, 3.05) is 7.05 Å². The number of nitrogens with one attached hydrogen (secondary N) is 1. The molecule has 3 nitrogen and oxygen atoms in total. The van der Waals surface area contributed by atoms with Gasteiger partial charge in [-0.3, -0.25) is 9.97 Å². The van der Waals surface area contributed by atoms with E-state index in [-0.39, 0.29) is 6.04 Å². The zero-order valence-corrected chi connectivity index (χ0v) is 12.1. The Morgan fingerprint density at radius 1 is 1.28 bits per heavy atom. The highest BCUT2D eigenvalue weighted by Crippen LogP contribution is 2.20. The topological polar surface area (TPSA) is 37.8 Å². The van der Waals surface area contributed by atoms with Crippen LogP contribution in [0.5, 0.6) is 0 Å². The zero-order valence-electron chi connectivity index (χ0n) is 10.5. The molecule has 18 heavy (non-hydrogen) atoms. The van der Waals surface area contributed by atoms with Gasteiger partial charge in [0.2, 0.25) is 0 Å². The molecule has 1 atom stereocenters. The highest BCUT2D eigenvalue weighted by molar-refractivity contribution is 9.10. The molecular formula is C14H16BrN3. The zero-order chi connectivity index (χ0) is 13.0. The smallest absolute Gasteiger partial charge is 0.0423 e. The second-order valence-corrected chi connectivity index (χ2v) is 5.16. The number of aromatic nitrogens is 2. The Morgan fingerprint density at radius 2 is 2.11 bits per heavy atom. The minimum absolute atomic E-state index is 0.265. The van der Waals surface area contributed by atoms with Crippen molar-refractivity contribution in [3.8, 4) is 0 Å². The minimum atomic E-state index is 0.265. The van der Waals surface area contributed by atoms with Crippen molar-refractivity contribution in [2.24, 2.45) is 0 Å². The molecule has 0 bridgehead atoms. The number of halogens is 1. The molecule has 4 heteroatoms. The van der Waals surface area contributed by atoms with Gasteiger partial charge < -0.3 is 5.32 Å². The van der Waals surface area contributed by atoms with Crippen LogP contribution in [0, 0.1) is 6.92 Å². The predicted molar refractivity (Wildman–Crippen MR) is 76.4 cm³/mol. The molecule has 0 aliphatic rings. The SMILES string of the molecule is CNC(Cc1ccc(Br)cn1)c1ccncc1C. The summed E-state index contributed by atoms with van der Waals surface area (Å²) in [5.41, 5.74) is 3.56. The van der Waals surface area contributed by atoms with Gasteiger partial charge in [-0.2, -0.15) is 0 Å². The maximum atomic E-state index is 4.42. The third kappa shape index (κ3) is 3.15. The fraction of sp³-hybridized carbons (Fsp3) is 0.286. The molecule has 1 N–H and O–H groups in total. The number of hydrogen-bond donors (Lipinski definition) is 1. The number of pyridine rings is 2. The Kier molecular flexibility index (Phi) is 4.44. The normalized spacial score (nSPS) is 12.4. The molecule has 2 rings (SSSR count). The highest BCUT2D eigenvalue weighted by Gasteiger charge is 2.12. The first-order valence-electron chi connectivity index (χ1n) is 5.89.